The molecule has 16 heavy (non-hydrogen) atoms. The molecule has 0 spiro atoms. The molecule has 0 aromatic carbocycles. The maximum absolute atomic E-state index is 11.2. The van der Waals surface area contributed by atoms with Gasteiger partial charge in [0.2, 0.25) is 0 Å². The number of rotatable bonds is 7. The molecule has 4 heteroatoms. The van der Waals surface area contributed by atoms with Crippen molar-refractivity contribution in [3.05, 3.63) is 0 Å². The second-order valence-electron chi connectivity index (χ2n) is 4.51. The quantitative estimate of drug-likeness (QED) is 0.733. The van der Waals surface area contributed by atoms with Crippen molar-refractivity contribution in [2.45, 2.75) is 39.2 Å². The molecule has 0 bridgehead atoms. The lowest BCUT2D eigenvalue weighted by atomic mass is 10.1. The van der Waals surface area contributed by atoms with Crippen LogP contribution in [0.1, 0.15) is 33.1 Å². The molecule has 0 aromatic heterocycles. The highest BCUT2D eigenvalue weighted by molar-refractivity contribution is 7.85. The van der Waals surface area contributed by atoms with Gasteiger partial charge in [-0.15, -0.1) is 0 Å². The van der Waals surface area contributed by atoms with Crippen LogP contribution in [0.5, 0.6) is 0 Å². The van der Waals surface area contributed by atoms with Crippen molar-refractivity contribution < 1.29 is 4.21 Å². The largest absolute Gasteiger partial charge is 0.313 e. The van der Waals surface area contributed by atoms with E-state index in [0.29, 0.717) is 6.04 Å². The molecule has 1 fully saturated rings. The lowest BCUT2D eigenvalue weighted by Gasteiger charge is -2.25. The Morgan fingerprint density at radius 2 is 1.94 bits per heavy atom. The second-order valence-corrected chi connectivity index (χ2v) is 6.21. The van der Waals surface area contributed by atoms with Crippen LogP contribution < -0.4 is 5.32 Å². The summed E-state index contributed by atoms with van der Waals surface area (Å²) in [6.07, 6.45) is 3.41. The van der Waals surface area contributed by atoms with Crippen LogP contribution in [0.25, 0.3) is 0 Å². The fourth-order valence-electron chi connectivity index (χ4n) is 2.17. The third-order valence-corrected chi connectivity index (χ3v) is 4.62. The van der Waals surface area contributed by atoms with Crippen molar-refractivity contribution in [2.75, 3.05) is 37.7 Å². The molecule has 0 saturated carbocycles. The summed E-state index contributed by atoms with van der Waals surface area (Å²) in [7, 11) is -0.530. The molecule has 96 valence electrons. The highest BCUT2D eigenvalue weighted by Crippen LogP contribution is 2.08. The van der Waals surface area contributed by atoms with E-state index < -0.39 is 10.8 Å². The van der Waals surface area contributed by atoms with E-state index in [0.717, 1.165) is 44.0 Å². The van der Waals surface area contributed by atoms with Crippen LogP contribution in [0.3, 0.4) is 0 Å². The minimum Gasteiger partial charge on any atom is -0.313 e. The van der Waals surface area contributed by atoms with E-state index in [1.807, 2.05) is 0 Å². The molecular formula is C12H26N2OS. The Morgan fingerprint density at radius 1 is 1.25 bits per heavy atom. The molecule has 1 N–H and O–H groups in total. The van der Waals surface area contributed by atoms with Gasteiger partial charge in [-0.1, -0.05) is 13.8 Å². The molecule has 0 unspecified atom stereocenters. The molecule has 1 aliphatic heterocycles. The van der Waals surface area contributed by atoms with Crippen molar-refractivity contribution in [2.24, 2.45) is 0 Å². The molecule has 1 rings (SSSR count). The Hall–Kier alpha value is 0.0700. The van der Waals surface area contributed by atoms with Crippen molar-refractivity contribution in [3.63, 3.8) is 0 Å². The Labute approximate surface area is 102 Å². The number of hydrogen-bond acceptors (Lipinski definition) is 3. The van der Waals surface area contributed by atoms with Crippen molar-refractivity contribution in [3.8, 4) is 0 Å². The summed E-state index contributed by atoms with van der Waals surface area (Å²) in [5.74, 6) is 1.79. The lowest BCUT2D eigenvalue weighted by Crippen LogP contribution is -2.40. The zero-order chi connectivity index (χ0) is 11.8. The zero-order valence-corrected chi connectivity index (χ0v) is 11.5. The van der Waals surface area contributed by atoms with Crippen molar-refractivity contribution >= 4 is 10.8 Å². The fourth-order valence-corrected chi connectivity index (χ4v) is 3.47. The highest BCUT2D eigenvalue weighted by atomic mass is 32.2. The molecule has 0 amide bonds. The first-order valence-electron chi connectivity index (χ1n) is 6.57. The molecule has 0 aliphatic carbocycles. The first-order valence-corrected chi connectivity index (χ1v) is 8.05. The van der Waals surface area contributed by atoms with Crippen LogP contribution in [-0.2, 0) is 10.8 Å². The summed E-state index contributed by atoms with van der Waals surface area (Å²) in [6.45, 7) is 9.01. The second kappa shape index (κ2) is 8.20. The van der Waals surface area contributed by atoms with Gasteiger partial charge in [0.25, 0.3) is 0 Å². The Bertz CT molecular complexity index is 201. The van der Waals surface area contributed by atoms with Gasteiger partial charge in [0.05, 0.1) is 0 Å². The normalized spacial score (nSPS) is 26.2. The summed E-state index contributed by atoms with van der Waals surface area (Å²) in [5.41, 5.74) is 0. The van der Waals surface area contributed by atoms with Gasteiger partial charge in [0, 0.05) is 41.4 Å². The molecular weight excluding hydrogens is 220 g/mol. The number of nitrogens with one attached hydrogen (secondary N) is 1. The maximum Gasteiger partial charge on any atom is 0.0249 e. The van der Waals surface area contributed by atoms with Gasteiger partial charge in [-0.05, 0) is 32.4 Å². The Morgan fingerprint density at radius 3 is 2.50 bits per heavy atom. The summed E-state index contributed by atoms with van der Waals surface area (Å²) in [6, 6.07) is 0.609. The predicted molar refractivity (Wildman–Crippen MR) is 71.3 cm³/mol. The van der Waals surface area contributed by atoms with E-state index in [4.69, 9.17) is 0 Å². The average molecular weight is 246 g/mol. The Balaban J connectivity index is 2.07. The van der Waals surface area contributed by atoms with E-state index in [1.165, 1.54) is 13.0 Å². The third-order valence-electron chi connectivity index (χ3n) is 3.24. The smallest absolute Gasteiger partial charge is 0.0249 e. The van der Waals surface area contributed by atoms with Gasteiger partial charge in [0.1, 0.15) is 0 Å². The molecule has 1 heterocycles. The first-order chi connectivity index (χ1) is 7.76. The molecule has 3 nitrogen and oxygen atoms in total. The maximum atomic E-state index is 11.2. The van der Waals surface area contributed by atoms with Crippen molar-refractivity contribution in [1.29, 1.82) is 0 Å². The fraction of sp³-hybridized carbons (Fsp3) is 1.00. The first kappa shape index (κ1) is 14.1. The van der Waals surface area contributed by atoms with E-state index in [9.17, 15) is 4.21 Å². The average Bonchev–Trinajstić information content (AvgIpc) is 2.30. The lowest BCUT2D eigenvalue weighted by molar-refractivity contribution is 0.280. The van der Waals surface area contributed by atoms with Gasteiger partial charge in [-0.3, -0.25) is 4.21 Å². The summed E-state index contributed by atoms with van der Waals surface area (Å²) >= 11 is 0. The van der Waals surface area contributed by atoms with Gasteiger partial charge >= 0.3 is 0 Å². The minimum atomic E-state index is -0.530. The molecule has 0 atom stereocenters. The topological polar surface area (TPSA) is 32.3 Å². The minimum absolute atomic E-state index is 0.530. The number of nitrogens with zero attached hydrogens (tertiary/aromatic N) is 1. The summed E-state index contributed by atoms with van der Waals surface area (Å²) in [4.78, 5) is 2.48. The molecule has 1 saturated heterocycles. The van der Waals surface area contributed by atoms with Gasteiger partial charge in [0.15, 0.2) is 0 Å². The molecule has 0 aromatic rings. The number of hydrogen-bond donors (Lipinski definition) is 1. The monoisotopic (exact) mass is 246 g/mol. The van der Waals surface area contributed by atoms with Gasteiger partial charge in [-0.25, -0.2) is 0 Å². The summed E-state index contributed by atoms with van der Waals surface area (Å²) < 4.78 is 11.2. The van der Waals surface area contributed by atoms with Crippen LogP contribution in [0, 0.1) is 0 Å². The zero-order valence-electron chi connectivity index (χ0n) is 10.7. The highest BCUT2D eigenvalue weighted by Gasteiger charge is 2.16. The summed E-state index contributed by atoms with van der Waals surface area (Å²) in [5, 5.41) is 3.59. The van der Waals surface area contributed by atoms with E-state index in [-0.39, 0.29) is 0 Å². The van der Waals surface area contributed by atoms with Crippen LogP contribution in [0.2, 0.25) is 0 Å². The number of likely N-dealkylation sites (N-methyl/N-ethyl adjacent to an activating group) is 1. The van der Waals surface area contributed by atoms with Crippen molar-refractivity contribution in [1.82, 2.24) is 10.2 Å². The van der Waals surface area contributed by atoms with Crippen LogP contribution in [0.4, 0.5) is 0 Å². The Kier molecular flexibility index (Phi) is 7.25. The molecule has 1 aliphatic rings. The van der Waals surface area contributed by atoms with E-state index >= 15 is 0 Å². The van der Waals surface area contributed by atoms with Gasteiger partial charge in [-0.2, -0.15) is 0 Å². The van der Waals surface area contributed by atoms with Gasteiger partial charge < -0.3 is 10.2 Å². The SMILES string of the molecule is CCCN(CC)CCNC1CCS(=O)CC1. The predicted octanol–water partition coefficient (Wildman–Crippen LogP) is 1.22. The molecule has 0 radical (unpaired) electrons. The third kappa shape index (κ3) is 5.41. The van der Waals surface area contributed by atoms with Crippen LogP contribution in [0.15, 0.2) is 0 Å². The van der Waals surface area contributed by atoms with E-state index in [1.54, 1.807) is 0 Å². The standard InChI is InChI=1S/C12H26N2OS/c1-3-8-14(4-2)9-7-13-12-5-10-16(15)11-6-12/h12-13H,3-11H2,1-2H3. The van der Waals surface area contributed by atoms with E-state index in [2.05, 4.69) is 24.1 Å². The van der Waals surface area contributed by atoms with Crippen LogP contribution >= 0.6 is 0 Å². The van der Waals surface area contributed by atoms with Crippen LogP contribution in [-0.4, -0.2) is 52.8 Å².